The second kappa shape index (κ2) is 9.26. The van der Waals surface area contributed by atoms with E-state index in [1.165, 1.54) is 10.9 Å². The molecule has 158 valence electrons. The Balaban J connectivity index is 1.33. The van der Waals surface area contributed by atoms with Crippen LogP contribution in [0.3, 0.4) is 0 Å². The van der Waals surface area contributed by atoms with Gasteiger partial charge >= 0.3 is 0 Å². The molecule has 0 aliphatic carbocycles. The summed E-state index contributed by atoms with van der Waals surface area (Å²) in [6, 6.07) is 17.4. The van der Waals surface area contributed by atoms with Crippen molar-refractivity contribution in [3.8, 4) is 11.3 Å². The second-order valence-corrected chi connectivity index (χ2v) is 8.32. The van der Waals surface area contributed by atoms with E-state index in [0.717, 1.165) is 34.3 Å². The van der Waals surface area contributed by atoms with E-state index in [0.29, 0.717) is 17.4 Å². The molecule has 4 aromatic rings. The van der Waals surface area contributed by atoms with Crippen molar-refractivity contribution in [2.45, 2.75) is 19.4 Å². The highest BCUT2D eigenvalue weighted by Gasteiger charge is 2.13. The number of likely N-dealkylation sites (N-methyl/N-ethyl adjacent to an activating group) is 1. The molecule has 0 bridgehead atoms. The first-order valence-corrected chi connectivity index (χ1v) is 10.8. The Morgan fingerprint density at radius 1 is 1.16 bits per heavy atom. The highest BCUT2D eigenvalue weighted by Crippen LogP contribution is 2.17. The first-order chi connectivity index (χ1) is 15.0. The molecule has 0 radical (unpaired) electrons. The summed E-state index contributed by atoms with van der Waals surface area (Å²) in [5.74, 6) is -0.132. The number of hydrogen-bond donors (Lipinski definition) is 1. The molecule has 0 unspecified atom stereocenters. The van der Waals surface area contributed by atoms with Gasteiger partial charge in [0.15, 0.2) is 0 Å². The first kappa shape index (κ1) is 21.0. The SMILES string of the molecule is CN(CCCc1cc(-c2ccccc2)n[nH]1)C(=O)Cn1cnc2ccc(Br)cc2c1=O. The molecule has 0 saturated carbocycles. The monoisotopic (exact) mass is 479 g/mol. The Kier molecular flexibility index (Phi) is 6.27. The van der Waals surface area contributed by atoms with Crippen LogP contribution in [-0.4, -0.2) is 44.1 Å². The Hall–Kier alpha value is -3.26. The molecular weight excluding hydrogens is 458 g/mol. The van der Waals surface area contributed by atoms with Gasteiger partial charge in [0, 0.05) is 29.3 Å². The minimum atomic E-state index is -0.223. The van der Waals surface area contributed by atoms with E-state index in [-0.39, 0.29) is 18.0 Å². The van der Waals surface area contributed by atoms with Crippen LogP contribution in [0.25, 0.3) is 22.2 Å². The van der Waals surface area contributed by atoms with Crippen LogP contribution in [0.4, 0.5) is 0 Å². The number of nitrogens with zero attached hydrogens (tertiary/aromatic N) is 4. The molecule has 4 rings (SSSR count). The van der Waals surface area contributed by atoms with Gasteiger partial charge in [-0.25, -0.2) is 4.98 Å². The highest BCUT2D eigenvalue weighted by atomic mass is 79.9. The summed E-state index contributed by atoms with van der Waals surface area (Å²) in [4.78, 5) is 31.2. The van der Waals surface area contributed by atoms with Gasteiger partial charge in [0.2, 0.25) is 5.91 Å². The number of aromatic amines is 1. The van der Waals surface area contributed by atoms with E-state index >= 15 is 0 Å². The maximum atomic E-state index is 12.7. The maximum Gasteiger partial charge on any atom is 0.261 e. The van der Waals surface area contributed by atoms with Crippen molar-refractivity contribution >= 4 is 32.7 Å². The van der Waals surface area contributed by atoms with Crippen LogP contribution < -0.4 is 5.56 Å². The molecule has 7 nitrogen and oxygen atoms in total. The largest absolute Gasteiger partial charge is 0.344 e. The molecule has 2 aromatic carbocycles. The molecular formula is C23H22BrN5O2. The number of rotatable bonds is 7. The standard InChI is InChI=1S/C23H22BrN5O2/c1-28(11-5-8-18-13-21(27-26-18)16-6-3-2-4-7-16)22(30)14-29-15-25-20-10-9-17(24)12-19(20)23(29)31/h2-4,6-7,9-10,12-13,15H,5,8,11,14H2,1H3,(H,26,27). The Bertz CT molecular complexity index is 1270. The smallest absolute Gasteiger partial charge is 0.261 e. The fourth-order valence-electron chi connectivity index (χ4n) is 3.39. The average molecular weight is 480 g/mol. The molecule has 1 amide bonds. The number of fused-ring (bicyclic) bond motifs is 1. The number of carbonyl (C=O) groups excluding carboxylic acids is 1. The third-order valence-corrected chi connectivity index (χ3v) is 5.65. The van der Waals surface area contributed by atoms with E-state index in [4.69, 9.17) is 0 Å². The maximum absolute atomic E-state index is 12.7. The number of aryl methyl sites for hydroxylation is 1. The number of halogens is 1. The van der Waals surface area contributed by atoms with Crippen molar-refractivity contribution in [1.82, 2.24) is 24.6 Å². The molecule has 31 heavy (non-hydrogen) atoms. The van der Waals surface area contributed by atoms with E-state index in [1.54, 1.807) is 24.1 Å². The van der Waals surface area contributed by atoms with Gasteiger partial charge in [-0.1, -0.05) is 46.3 Å². The molecule has 0 atom stereocenters. The van der Waals surface area contributed by atoms with E-state index in [2.05, 4.69) is 31.1 Å². The lowest BCUT2D eigenvalue weighted by atomic mass is 10.1. The van der Waals surface area contributed by atoms with Gasteiger partial charge in [-0.3, -0.25) is 19.3 Å². The number of H-pyrrole nitrogens is 1. The number of amides is 1. The Labute approximate surface area is 187 Å². The minimum Gasteiger partial charge on any atom is -0.344 e. The third kappa shape index (κ3) is 4.91. The summed E-state index contributed by atoms with van der Waals surface area (Å²) >= 11 is 3.37. The number of nitrogens with one attached hydrogen (secondary N) is 1. The van der Waals surface area contributed by atoms with Gasteiger partial charge in [0.25, 0.3) is 5.56 Å². The Morgan fingerprint density at radius 3 is 2.77 bits per heavy atom. The van der Waals surface area contributed by atoms with Gasteiger partial charge in [-0.2, -0.15) is 5.10 Å². The summed E-state index contributed by atoms with van der Waals surface area (Å²) in [7, 11) is 1.75. The number of aromatic nitrogens is 4. The number of carbonyl (C=O) groups is 1. The summed E-state index contributed by atoms with van der Waals surface area (Å²) in [5.41, 5.74) is 3.40. The molecule has 1 N–H and O–H groups in total. The number of hydrogen-bond acceptors (Lipinski definition) is 4. The fraction of sp³-hybridized carbons (Fsp3) is 0.217. The molecule has 8 heteroatoms. The van der Waals surface area contributed by atoms with Crippen LogP contribution in [-0.2, 0) is 17.8 Å². The van der Waals surface area contributed by atoms with E-state index in [1.807, 2.05) is 42.5 Å². The van der Waals surface area contributed by atoms with Gasteiger partial charge in [0.05, 0.1) is 22.9 Å². The average Bonchev–Trinajstić information content (AvgIpc) is 3.25. The van der Waals surface area contributed by atoms with Crippen molar-refractivity contribution in [3.05, 3.63) is 81.4 Å². The summed E-state index contributed by atoms with van der Waals surface area (Å²) in [5, 5.41) is 7.91. The van der Waals surface area contributed by atoms with Gasteiger partial charge in [0.1, 0.15) is 6.54 Å². The quantitative estimate of drug-likeness (QED) is 0.438. The van der Waals surface area contributed by atoms with Crippen LogP contribution in [0.15, 0.2) is 70.2 Å². The lowest BCUT2D eigenvalue weighted by Gasteiger charge is -2.17. The lowest BCUT2D eigenvalue weighted by Crippen LogP contribution is -2.34. The lowest BCUT2D eigenvalue weighted by molar-refractivity contribution is -0.130. The number of benzene rings is 2. The third-order valence-electron chi connectivity index (χ3n) is 5.16. The second-order valence-electron chi connectivity index (χ2n) is 7.40. The van der Waals surface area contributed by atoms with Gasteiger partial charge < -0.3 is 4.90 Å². The topological polar surface area (TPSA) is 83.9 Å². The minimum absolute atomic E-state index is 0.0347. The molecule has 0 aliphatic rings. The van der Waals surface area contributed by atoms with Crippen LogP contribution in [0.5, 0.6) is 0 Å². The van der Waals surface area contributed by atoms with Crippen molar-refractivity contribution < 1.29 is 4.79 Å². The van der Waals surface area contributed by atoms with Crippen molar-refractivity contribution in [1.29, 1.82) is 0 Å². The predicted octanol–water partition coefficient (Wildman–Crippen LogP) is 3.64. The summed E-state index contributed by atoms with van der Waals surface area (Å²) in [6.45, 7) is 0.548. The first-order valence-electron chi connectivity index (χ1n) is 9.99. The molecule has 0 aliphatic heterocycles. The molecule has 0 fully saturated rings. The van der Waals surface area contributed by atoms with Gasteiger partial charge in [-0.05, 0) is 37.1 Å². The van der Waals surface area contributed by atoms with Crippen molar-refractivity contribution in [2.24, 2.45) is 0 Å². The molecule has 0 spiro atoms. The van der Waals surface area contributed by atoms with Gasteiger partial charge in [-0.15, -0.1) is 0 Å². The zero-order valence-corrected chi connectivity index (χ0v) is 18.7. The fourth-order valence-corrected chi connectivity index (χ4v) is 3.75. The highest BCUT2D eigenvalue weighted by molar-refractivity contribution is 9.10. The van der Waals surface area contributed by atoms with Crippen molar-refractivity contribution in [2.75, 3.05) is 13.6 Å². The summed E-state index contributed by atoms with van der Waals surface area (Å²) < 4.78 is 2.16. The van der Waals surface area contributed by atoms with E-state index in [9.17, 15) is 9.59 Å². The van der Waals surface area contributed by atoms with E-state index < -0.39 is 0 Å². The van der Waals surface area contributed by atoms with Crippen LogP contribution in [0, 0.1) is 0 Å². The Morgan fingerprint density at radius 2 is 1.97 bits per heavy atom. The summed E-state index contributed by atoms with van der Waals surface area (Å²) in [6.07, 6.45) is 3.00. The molecule has 2 heterocycles. The predicted molar refractivity (Wildman–Crippen MR) is 124 cm³/mol. The van der Waals surface area contributed by atoms with Crippen LogP contribution in [0.2, 0.25) is 0 Å². The zero-order valence-electron chi connectivity index (χ0n) is 17.1. The van der Waals surface area contributed by atoms with Crippen LogP contribution >= 0.6 is 15.9 Å². The normalized spacial score (nSPS) is 11.0. The van der Waals surface area contributed by atoms with Crippen molar-refractivity contribution in [3.63, 3.8) is 0 Å². The zero-order chi connectivity index (χ0) is 21.8. The van der Waals surface area contributed by atoms with Crippen LogP contribution in [0.1, 0.15) is 12.1 Å². The molecule has 0 saturated heterocycles. The molecule has 2 aromatic heterocycles.